The molecule has 1 aliphatic rings. The van der Waals surface area contributed by atoms with Gasteiger partial charge in [-0.15, -0.1) is 0 Å². The largest absolute Gasteiger partial charge is 0.493 e. The molecule has 124 valence electrons. The molecule has 0 radical (unpaired) electrons. The zero-order valence-electron chi connectivity index (χ0n) is 14.1. The average molecular weight is 321 g/mol. The van der Waals surface area contributed by atoms with Crippen molar-refractivity contribution in [3.63, 3.8) is 0 Å². The quantitative estimate of drug-likeness (QED) is 0.746. The van der Waals surface area contributed by atoms with E-state index in [4.69, 9.17) is 9.47 Å². The van der Waals surface area contributed by atoms with Gasteiger partial charge in [0.1, 0.15) is 0 Å². The fraction of sp³-hybridized carbons (Fsp3) is 0.381. The Labute approximate surface area is 143 Å². The van der Waals surface area contributed by atoms with Gasteiger partial charge in [-0.25, -0.2) is 0 Å². The molecule has 0 amide bonds. The molecule has 1 fully saturated rings. The van der Waals surface area contributed by atoms with Crippen molar-refractivity contribution in [2.45, 2.75) is 44.1 Å². The Morgan fingerprint density at radius 2 is 1.79 bits per heavy atom. The highest BCUT2D eigenvalue weighted by Gasteiger charge is 2.21. The molecule has 1 unspecified atom stereocenters. The fourth-order valence-electron chi connectivity index (χ4n) is 3.39. The van der Waals surface area contributed by atoms with Crippen LogP contribution in [0.25, 0.3) is 0 Å². The van der Waals surface area contributed by atoms with E-state index < -0.39 is 0 Å². The van der Waals surface area contributed by atoms with E-state index in [1.807, 2.05) is 36.4 Å². The number of methoxy groups -OCH3 is 1. The topological polar surface area (TPSA) is 42.2 Å². The van der Waals surface area contributed by atoms with Crippen LogP contribution in [-0.2, 0) is 0 Å². The lowest BCUT2D eigenvalue weighted by Crippen LogP contribution is -2.12. The highest BCUT2D eigenvalue weighted by atomic mass is 16.5. The van der Waals surface area contributed by atoms with Gasteiger partial charge in [-0.05, 0) is 48.9 Å². The minimum atomic E-state index is 0.0491. The number of ether oxygens (including phenoxy) is 2. The summed E-state index contributed by atoms with van der Waals surface area (Å²) in [6, 6.07) is 18.5. The molecule has 0 spiro atoms. The van der Waals surface area contributed by atoms with Gasteiger partial charge in [-0.3, -0.25) is 0 Å². The first kappa shape index (κ1) is 16.4. The Bertz CT molecular complexity index is 700. The van der Waals surface area contributed by atoms with E-state index in [9.17, 15) is 5.26 Å². The first-order valence-electron chi connectivity index (χ1n) is 8.58. The van der Waals surface area contributed by atoms with Crippen LogP contribution in [0.4, 0.5) is 0 Å². The maximum absolute atomic E-state index is 9.25. The number of nitriles is 1. The summed E-state index contributed by atoms with van der Waals surface area (Å²) < 4.78 is 11.7. The fourth-order valence-corrected chi connectivity index (χ4v) is 3.39. The van der Waals surface area contributed by atoms with Crippen LogP contribution in [0, 0.1) is 11.3 Å². The Hall–Kier alpha value is -2.47. The maximum Gasteiger partial charge on any atom is 0.161 e. The van der Waals surface area contributed by atoms with E-state index in [-0.39, 0.29) is 12.0 Å². The minimum Gasteiger partial charge on any atom is -0.493 e. The molecule has 0 saturated heterocycles. The van der Waals surface area contributed by atoms with Gasteiger partial charge in [0.2, 0.25) is 0 Å². The van der Waals surface area contributed by atoms with E-state index in [0.717, 1.165) is 35.5 Å². The number of hydrogen-bond donors (Lipinski definition) is 0. The predicted octanol–water partition coefficient (Wildman–Crippen LogP) is 5.06. The maximum atomic E-state index is 9.25. The van der Waals surface area contributed by atoms with Crippen molar-refractivity contribution >= 4 is 0 Å². The number of nitrogens with zero attached hydrogens (tertiary/aromatic N) is 1. The van der Waals surface area contributed by atoms with Crippen molar-refractivity contribution < 1.29 is 9.47 Å². The van der Waals surface area contributed by atoms with E-state index in [0.29, 0.717) is 6.42 Å². The van der Waals surface area contributed by atoms with Crippen LogP contribution in [0.1, 0.15) is 49.1 Å². The van der Waals surface area contributed by atoms with Crippen LogP contribution < -0.4 is 9.47 Å². The summed E-state index contributed by atoms with van der Waals surface area (Å²) >= 11 is 0. The first-order valence-corrected chi connectivity index (χ1v) is 8.58. The highest BCUT2D eigenvalue weighted by molar-refractivity contribution is 5.46. The molecule has 2 aromatic carbocycles. The van der Waals surface area contributed by atoms with Crippen molar-refractivity contribution in [3.8, 4) is 17.6 Å². The zero-order valence-corrected chi connectivity index (χ0v) is 14.1. The zero-order chi connectivity index (χ0) is 16.8. The standard InChI is InChI=1S/C21H23NO2/c1-23-20-12-11-17(15-21(20)24-18-9-5-6-10-18)19(13-14-22)16-7-3-2-4-8-16/h2-4,7-8,11-12,15,18-19H,5-6,9-10,13H2,1H3. The Kier molecular flexibility index (Phi) is 5.38. The van der Waals surface area contributed by atoms with Crippen LogP contribution in [0.15, 0.2) is 48.5 Å². The third-order valence-electron chi connectivity index (χ3n) is 4.68. The van der Waals surface area contributed by atoms with Crippen LogP contribution in [-0.4, -0.2) is 13.2 Å². The molecule has 3 rings (SSSR count). The lowest BCUT2D eigenvalue weighted by Gasteiger charge is -2.20. The van der Waals surface area contributed by atoms with E-state index in [2.05, 4.69) is 18.2 Å². The summed E-state index contributed by atoms with van der Waals surface area (Å²) in [7, 11) is 1.67. The van der Waals surface area contributed by atoms with E-state index in [1.54, 1.807) is 7.11 Å². The summed E-state index contributed by atoms with van der Waals surface area (Å²) in [5.74, 6) is 1.60. The average Bonchev–Trinajstić information content (AvgIpc) is 3.13. The molecular weight excluding hydrogens is 298 g/mol. The minimum absolute atomic E-state index is 0.0491. The molecule has 2 aromatic rings. The summed E-state index contributed by atoms with van der Waals surface area (Å²) in [6.45, 7) is 0. The number of hydrogen-bond acceptors (Lipinski definition) is 3. The van der Waals surface area contributed by atoms with Crippen molar-refractivity contribution in [2.75, 3.05) is 7.11 Å². The third-order valence-corrected chi connectivity index (χ3v) is 4.68. The monoisotopic (exact) mass is 321 g/mol. The normalized spacial score (nSPS) is 15.7. The summed E-state index contributed by atoms with van der Waals surface area (Å²) in [5.41, 5.74) is 2.24. The summed E-state index contributed by atoms with van der Waals surface area (Å²) in [4.78, 5) is 0. The molecule has 0 heterocycles. The second-order valence-electron chi connectivity index (χ2n) is 6.26. The van der Waals surface area contributed by atoms with Crippen LogP contribution in [0.5, 0.6) is 11.5 Å². The van der Waals surface area contributed by atoms with Crippen LogP contribution in [0.3, 0.4) is 0 Å². The van der Waals surface area contributed by atoms with Gasteiger partial charge in [-0.1, -0.05) is 36.4 Å². The molecule has 1 aliphatic carbocycles. The van der Waals surface area contributed by atoms with Crippen molar-refractivity contribution in [1.82, 2.24) is 0 Å². The van der Waals surface area contributed by atoms with Gasteiger partial charge >= 0.3 is 0 Å². The Balaban J connectivity index is 1.92. The van der Waals surface area contributed by atoms with Crippen LogP contribution in [0.2, 0.25) is 0 Å². The lowest BCUT2D eigenvalue weighted by atomic mass is 9.89. The number of rotatable bonds is 6. The molecular formula is C21H23NO2. The third kappa shape index (κ3) is 3.71. The van der Waals surface area contributed by atoms with Gasteiger partial charge in [0, 0.05) is 12.3 Å². The molecule has 0 N–H and O–H groups in total. The Morgan fingerprint density at radius 3 is 2.46 bits per heavy atom. The van der Waals surface area contributed by atoms with Gasteiger partial charge in [-0.2, -0.15) is 5.26 Å². The van der Waals surface area contributed by atoms with Crippen molar-refractivity contribution in [3.05, 3.63) is 59.7 Å². The number of benzene rings is 2. The van der Waals surface area contributed by atoms with Gasteiger partial charge in [0.05, 0.1) is 19.3 Å². The van der Waals surface area contributed by atoms with Gasteiger partial charge in [0.25, 0.3) is 0 Å². The predicted molar refractivity (Wildman–Crippen MR) is 94.4 cm³/mol. The Morgan fingerprint density at radius 1 is 1.04 bits per heavy atom. The highest BCUT2D eigenvalue weighted by Crippen LogP contribution is 2.36. The molecule has 3 heteroatoms. The van der Waals surface area contributed by atoms with E-state index >= 15 is 0 Å². The molecule has 1 atom stereocenters. The van der Waals surface area contributed by atoms with Gasteiger partial charge < -0.3 is 9.47 Å². The van der Waals surface area contributed by atoms with Crippen molar-refractivity contribution in [2.24, 2.45) is 0 Å². The molecule has 0 aliphatic heterocycles. The SMILES string of the molecule is COc1ccc(C(CC#N)c2ccccc2)cc1OC1CCCC1. The van der Waals surface area contributed by atoms with Gasteiger partial charge in [0.15, 0.2) is 11.5 Å². The molecule has 24 heavy (non-hydrogen) atoms. The second kappa shape index (κ2) is 7.88. The van der Waals surface area contributed by atoms with Crippen LogP contribution >= 0.6 is 0 Å². The smallest absolute Gasteiger partial charge is 0.161 e. The summed E-state index contributed by atoms with van der Waals surface area (Å²) in [5, 5.41) is 9.25. The molecule has 0 bridgehead atoms. The van der Waals surface area contributed by atoms with Crippen molar-refractivity contribution in [1.29, 1.82) is 5.26 Å². The second-order valence-corrected chi connectivity index (χ2v) is 6.26. The molecule has 0 aromatic heterocycles. The molecule has 3 nitrogen and oxygen atoms in total. The molecule has 1 saturated carbocycles. The summed E-state index contributed by atoms with van der Waals surface area (Å²) in [6.07, 6.45) is 5.39. The first-order chi connectivity index (χ1) is 11.8. The van der Waals surface area contributed by atoms with E-state index in [1.165, 1.54) is 12.8 Å². The lowest BCUT2D eigenvalue weighted by molar-refractivity contribution is 0.200.